The number of aromatic nitrogens is 2. The second-order valence-corrected chi connectivity index (χ2v) is 5.86. The maximum atomic E-state index is 13.2. The first-order valence-corrected chi connectivity index (χ1v) is 8.19. The molecule has 3 N–H and O–H groups in total. The van der Waals surface area contributed by atoms with E-state index in [1.165, 1.54) is 12.1 Å². The van der Waals surface area contributed by atoms with Crippen LogP contribution in [-0.4, -0.2) is 29.5 Å². The van der Waals surface area contributed by atoms with Crippen LogP contribution in [0.4, 0.5) is 4.39 Å². The van der Waals surface area contributed by atoms with Crippen LogP contribution < -0.4 is 10.6 Å². The number of oxazole rings is 1. The summed E-state index contributed by atoms with van der Waals surface area (Å²) in [6, 6.07) is 4.79. The van der Waals surface area contributed by atoms with Gasteiger partial charge in [0.15, 0.2) is 5.96 Å². The summed E-state index contributed by atoms with van der Waals surface area (Å²) < 4.78 is 18.8. The number of H-pyrrole nitrogens is 1. The van der Waals surface area contributed by atoms with Gasteiger partial charge in [-0.2, -0.15) is 0 Å². The number of hydrogen-bond acceptors (Lipinski definition) is 3. The Morgan fingerprint density at radius 3 is 2.88 bits per heavy atom. The largest absolute Gasteiger partial charge is 0.444 e. The second kappa shape index (κ2) is 7.38. The van der Waals surface area contributed by atoms with Crippen molar-refractivity contribution in [1.82, 2.24) is 20.6 Å². The predicted octanol–water partition coefficient (Wildman–Crippen LogP) is 2.82. The summed E-state index contributed by atoms with van der Waals surface area (Å²) in [5, 5.41) is 7.47. The molecule has 2 heterocycles. The van der Waals surface area contributed by atoms with E-state index in [-0.39, 0.29) is 5.82 Å². The van der Waals surface area contributed by atoms with Crippen molar-refractivity contribution in [1.29, 1.82) is 0 Å². The smallest absolute Gasteiger partial charge is 0.214 e. The molecule has 25 heavy (non-hydrogen) atoms. The highest BCUT2D eigenvalue weighted by molar-refractivity contribution is 5.83. The number of rotatable bonds is 5. The zero-order valence-corrected chi connectivity index (χ0v) is 14.6. The van der Waals surface area contributed by atoms with Gasteiger partial charge in [0.25, 0.3) is 0 Å². The lowest BCUT2D eigenvalue weighted by molar-refractivity contribution is 0.464. The van der Waals surface area contributed by atoms with Crippen LogP contribution in [0, 0.1) is 19.7 Å². The minimum absolute atomic E-state index is 0.236. The van der Waals surface area contributed by atoms with Crippen LogP contribution in [-0.2, 0) is 13.0 Å². The molecule has 2 aromatic heterocycles. The van der Waals surface area contributed by atoms with E-state index < -0.39 is 0 Å². The van der Waals surface area contributed by atoms with Gasteiger partial charge in [-0.1, -0.05) is 0 Å². The highest BCUT2D eigenvalue weighted by Crippen LogP contribution is 2.19. The van der Waals surface area contributed by atoms with Crippen LogP contribution in [0.3, 0.4) is 0 Å². The number of nitrogens with one attached hydrogen (secondary N) is 3. The third kappa shape index (κ3) is 3.99. The highest BCUT2D eigenvalue weighted by atomic mass is 19.1. The average Bonchev–Trinajstić information content (AvgIpc) is 3.13. The lowest BCUT2D eigenvalue weighted by Crippen LogP contribution is -2.37. The van der Waals surface area contributed by atoms with Crippen LogP contribution in [0.15, 0.2) is 33.8 Å². The average molecular weight is 343 g/mol. The molecule has 3 aromatic rings. The van der Waals surface area contributed by atoms with E-state index >= 15 is 0 Å². The molecule has 132 valence electrons. The lowest BCUT2D eigenvalue weighted by Gasteiger charge is -2.10. The van der Waals surface area contributed by atoms with Crippen LogP contribution in [0.1, 0.15) is 22.9 Å². The van der Waals surface area contributed by atoms with E-state index in [4.69, 9.17) is 4.42 Å². The van der Waals surface area contributed by atoms with Crippen molar-refractivity contribution in [3.63, 3.8) is 0 Å². The summed E-state index contributed by atoms with van der Waals surface area (Å²) in [7, 11) is 1.72. The van der Waals surface area contributed by atoms with E-state index in [1.807, 2.05) is 20.0 Å². The standard InChI is InChI=1S/C18H22FN5O/c1-11-12(2)25-17(24-11)10-23-18(20-3)21-7-6-13-9-22-16-8-14(19)4-5-15(13)16/h4-5,8-9,22H,6-7,10H2,1-3H3,(H2,20,21,23). The fourth-order valence-corrected chi connectivity index (χ4v) is 2.68. The van der Waals surface area contributed by atoms with Crippen LogP contribution in [0.25, 0.3) is 10.9 Å². The number of halogens is 1. The van der Waals surface area contributed by atoms with Crippen molar-refractivity contribution in [3.05, 3.63) is 53.1 Å². The summed E-state index contributed by atoms with van der Waals surface area (Å²) in [6.07, 6.45) is 2.71. The summed E-state index contributed by atoms with van der Waals surface area (Å²) >= 11 is 0. The van der Waals surface area contributed by atoms with Gasteiger partial charge in [-0.3, -0.25) is 4.99 Å². The van der Waals surface area contributed by atoms with Gasteiger partial charge in [-0.15, -0.1) is 0 Å². The Morgan fingerprint density at radius 2 is 2.16 bits per heavy atom. The molecule has 1 aromatic carbocycles. The Hall–Kier alpha value is -2.83. The Bertz CT molecular complexity index is 877. The number of hydrogen-bond donors (Lipinski definition) is 3. The molecule has 0 unspecified atom stereocenters. The Morgan fingerprint density at radius 1 is 1.32 bits per heavy atom. The highest BCUT2D eigenvalue weighted by Gasteiger charge is 2.07. The number of fused-ring (bicyclic) bond motifs is 1. The molecular weight excluding hydrogens is 321 g/mol. The number of aryl methyl sites for hydroxylation is 2. The van der Waals surface area contributed by atoms with Gasteiger partial charge in [0.1, 0.15) is 11.6 Å². The molecule has 0 aliphatic carbocycles. The van der Waals surface area contributed by atoms with Crippen molar-refractivity contribution >= 4 is 16.9 Å². The molecule has 0 saturated heterocycles. The molecule has 0 spiro atoms. The third-order valence-corrected chi connectivity index (χ3v) is 4.12. The van der Waals surface area contributed by atoms with Crippen LogP contribution in [0.2, 0.25) is 0 Å². The maximum Gasteiger partial charge on any atom is 0.214 e. The van der Waals surface area contributed by atoms with Gasteiger partial charge in [0.05, 0.1) is 12.2 Å². The van der Waals surface area contributed by atoms with Crippen molar-refractivity contribution in [2.75, 3.05) is 13.6 Å². The maximum absolute atomic E-state index is 13.2. The minimum atomic E-state index is -0.236. The number of nitrogens with zero attached hydrogens (tertiary/aromatic N) is 2. The van der Waals surface area contributed by atoms with Crippen LogP contribution >= 0.6 is 0 Å². The summed E-state index contributed by atoms with van der Waals surface area (Å²) in [6.45, 7) is 4.99. The van der Waals surface area contributed by atoms with E-state index in [2.05, 4.69) is 25.6 Å². The third-order valence-electron chi connectivity index (χ3n) is 4.12. The number of aromatic amines is 1. The van der Waals surface area contributed by atoms with Gasteiger partial charge in [-0.25, -0.2) is 9.37 Å². The van der Waals surface area contributed by atoms with Gasteiger partial charge in [0, 0.05) is 30.7 Å². The summed E-state index contributed by atoms with van der Waals surface area (Å²) in [5.41, 5.74) is 2.85. The fraction of sp³-hybridized carbons (Fsp3) is 0.333. The molecular formula is C18H22FN5O. The van der Waals surface area contributed by atoms with E-state index in [9.17, 15) is 4.39 Å². The molecule has 0 amide bonds. The molecule has 0 saturated carbocycles. The molecule has 0 fully saturated rings. The van der Waals surface area contributed by atoms with E-state index in [0.717, 1.165) is 34.3 Å². The van der Waals surface area contributed by atoms with Gasteiger partial charge in [0.2, 0.25) is 5.89 Å². The van der Waals surface area contributed by atoms with Crippen molar-refractivity contribution in [2.24, 2.45) is 4.99 Å². The molecule has 0 aliphatic rings. The van der Waals surface area contributed by atoms with Gasteiger partial charge >= 0.3 is 0 Å². The number of guanidine groups is 1. The molecule has 0 radical (unpaired) electrons. The van der Waals surface area contributed by atoms with E-state index in [1.54, 1.807) is 13.1 Å². The second-order valence-electron chi connectivity index (χ2n) is 5.86. The number of aliphatic imine (C=N–C) groups is 1. The molecule has 6 nitrogen and oxygen atoms in total. The van der Waals surface area contributed by atoms with E-state index in [0.29, 0.717) is 24.9 Å². The SMILES string of the molecule is CN=C(NCCc1c[nH]c2cc(F)ccc12)NCc1nc(C)c(C)o1. The first-order chi connectivity index (χ1) is 12.1. The summed E-state index contributed by atoms with van der Waals surface area (Å²) in [5.74, 6) is 1.91. The first-order valence-electron chi connectivity index (χ1n) is 8.19. The topological polar surface area (TPSA) is 78.2 Å². The zero-order chi connectivity index (χ0) is 17.8. The van der Waals surface area contributed by atoms with Crippen molar-refractivity contribution in [3.8, 4) is 0 Å². The minimum Gasteiger partial charge on any atom is -0.444 e. The van der Waals surface area contributed by atoms with Gasteiger partial charge < -0.3 is 20.0 Å². The Labute approximate surface area is 145 Å². The molecule has 3 rings (SSSR count). The lowest BCUT2D eigenvalue weighted by atomic mass is 10.1. The normalized spacial score (nSPS) is 11.9. The first kappa shape index (κ1) is 17.0. The fourth-order valence-electron chi connectivity index (χ4n) is 2.68. The quantitative estimate of drug-likeness (QED) is 0.492. The number of benzene rings is 1. The Kier molecular flexibility index (Phi) is 5.02. The zero-order valence-electron chi connectivity index (χ0n) is 14.6. The molecule has 0 aliphatic heterocycles. The summed E-state index contributed by atoms with van der Waals surface area (Å²) in [4.78, 5) is 11.6. The van der Waals surface area contributed by atoms with Crippen molar-refractivity contribution in [2.45, 2.75) is 26.8 Å². The molecule has 0 bridgehead atoms. The molecule has 0 atom stereocenters. The van der Waals surface area contributed by atoms with Gasteiger partial charge in [-0.05, 0) is 44.0 Å². The monoisotopic (exact) mass is 343 g/mol. The predicted molar refractivity (Wildman–Crippen MR) is 96.1 cm³/mol. The Balaban J connectivity index is 1.52. The van der Waals surface area contributed by atoms with Crippen LogP contribution in [0.5, 0.6) is 0 Å². The molecule has 7 heteroatoms. The van der Waals surface area contributed by atoms with Crippen molar-refractivity contribution < 1.29 is 8.81 Å².